The molecule has 0 radical (unpaired) electrons. The van der Waals surface area contributed by atoms with Crippen molar-refractivity contribution in [2.45, 2.75) is 13.5 Å². The van der Waals surface area contributed by atoms with Gasteiger partial charge in [-0.2, -0.15) is 0 Å². The number of hydrogen-bond acceptors (Lipinski definition) is 4. The minimum absolute atomic E-state index is 0.0868. The van der Waals surface area contributed by atoms with Gasteiger partial charge in [0.2, 0.25) is 0 Å². The average Bonchev–Trinajstić information content (AvgIpc) is 2.37. The maximum Gasteiger partial charge on any atom is 0.294 e. The van der Waals surface area contributed by atoms with Crippen molar-refractivity contribution in [3.63, 3.8) is 0 Å². The maximum absolute atomic E-state index is 11.5. The Kier molecular flexibility index (Phi) is 2.43. The second kappa shape index (κ2) is 3.74. The van der Waals surface area contributed by atoms with E-state index in [2.05, 4.69) is 9.97 Å². The molecule has 15 heavy (non-hydrogen) atoms. The first-order valence-electron chi connectivity index (χ1n) is 4.60. The maximum atomic E-state index is 11.5. The third-order valence-corrected chi connectivity index (χ3v) is 2.22. The van der Waals surface area contributed by atoms with Gasteiger partial charge in [-0.15, -0.1) is 0 Å². The monoisotopic (exact) mass is 202 g/mol. The van der Waals surface area contributed by atoms with E-state index >= 15 is 0 Å². The Bertz CT molecular complexity index is 567. The Morgan fingerprint density at radius 3 is 2.73 bits per heavy atom. The number of nitrogens with zero attached hydrogens (tertiary/aromatic N) is 2. The van der Waals surface area contributed by atoms with E-state index in [1.54, 1.807) is 13.0 Å². The summed E-state index contributed by atoms with van der Waals surface area (Å²) in [6.07, 6.45) is 0. The summed E-state index contributed by atoms with van der Waals surface area (Å²) >= 11 is 0. The summed E-state index contributed by atoms with van der Waals surface area (Å²) in [6.45, 7) is 1.41. The Labute approximate surface area is 86.2 Å². The number of aryl methyl sites for hydroxylation is 1. The quantitative estimate of drug-likeness (QED) is 0.742. The van der Waals surface area contributed by atoms with Gasteiger partial charge < -0.3 is 5.11 Å². The van der Waals surface area contributed by atoms with Gasteiger partial charge in [0.1, 0.15) is 5.69 Å². The first kappa shape index (κ1) is 9.73. The van der Waals surface area contributed by atoms with Crippen LogP contribution in [0, 0.1) is 6.92 Å². The second-order valence-corrected chi connectivity index (χ2v) is 3.24. The molecule has 1 aromatic heterocycles. The Hall–Kier alpha value is -1.81. The molecule has 4 nitrogen and oxygen atoms in total. The Balaban J connectivity index is 2.96. The van der Waals surface area contributed by atoms with E-state index in [9.17, 15) is 4.79 Å². The standard InChI is InChI=1S/C11H10N2O2/c1-7-8-4-2-3-5-9(8)13-11(15)10(6-14)12-7/h2-5,14H,6H2,1H3. The van der Waals surface area contributed by atoms with E-state index in [4.69, 9.17) is 5.11 Å². The highest BCUT2D eigenvalue weighted by molar-refractivity contribution is 5.79. The molecule has 76 valence electrons. The predicted molar refractivity (Wildman–Crippen MR) is 56.5 cm³/mol. The first-order valence-corrected chi connectivity index (χ1v) is 4.60. The summed E-state index contributed by atoms with van der Waals surface area (Å²) in [7, 11) is 0. The van der Waals surface area contributed by atoms with Crippen LogP contribution in [0.3, 0.4) is 0 Å². The van der Waals surface area contributed by atoms with Gasteiger partial charge in [-0.1, -0.05) is 18.2 Å². The van der Waals surface area contributed by atoms with E-state index in [1.807, 2.05) is 18.2 Å². The van der Waals surface area contributed by atoms with Crippen LogP contribution in [0.4, 0.5) is 0 Å². The van der Waals surface area contributed by atoms with Crippen LogP contribution in [0.1, 0.15) is 11.4 Å². The smallest absolute Gasteiger partial charge is 0.294 e. The molecule has 0 aliphatic heterocycles. The number of aliphatic hydroxyl groups is 1. The molecule has 0 saturated carbocycles. The minimum Gasteiger partial charge on any atom is -0.390 e. The molecule has 0 amide bonds. The minimum atomic E-state index is -0.471. The molecule has 0 fully saturated rings. The van der Waals surface area contributed by atoms with E-state index in [0.29, 0.717) is 11.2 Å². The van der Waals surface area contributed by atoms with E-state index < -0.39 is 5.56 Å². The summed E-state index contributed by atoms with van der Waals surface area (Å²) < 4.78 is 0. The number of para-hydroxylation sites is 1. The lowest BCUT2D eigenvalue weighted by Crippen LogP contribution is -2.10. The fourth-order valence-corrected chi connectivity index (χ4v) is 1.46. The van der Waals surface area contributed by atoms with Crippen LogP contribution in [0.15, 0.2) is 29.1 Å². The number of rotatable bonds is 1. The molecular weight excluding hydrogens is 192 g/mol. The van der Waals surface area contributed by atoms with Crippen molar-refractivity contribution in [2.24, 2.45) is 0 Å². The zero-order chi connectivity index (χ0) is 10.8. The molecule has 0 atom stereocenters. The number of hydrogen-bond donors (Lipinski definition) is 1. The number of benzene rings is 1. The van der Waals surface area contributed by atoms with Gasteiger partial charge in [0.25, 0.3) is 5.56 Å². The zero-order valence-electron chi connectivity index (χ0n) is 8.27. The third kappa shape index (κ3) is 1.71. The fraction of sp³-hybridized carbons (Fsp3) is 0.182. The largest absolute Gasteiger partial charge is 0.390 e. The van der Waals surface area contributed by atoms with Crippen LogP contribution in [0.25, 0.3) is 10.9 Å². The third-order valence-electron chi connectivity index (χ3n) is 2.22. The summed E-state index contributed by atoms with van der Waals surface area (Å²) in [6, 6.07) is 7.28. The molecule has 1 heterocycles. The number of aromatic nitrogens is 2. The van der Waals surface area contributed by atoms with Gasteiger partial charge in [0, 0.05) is 11.1 Å². The summed E-state index contributed by atoms with van der Waals surface area (Å²) in [5.74, 6) is 0. The van der Waals surface area contributed by atoms with E-state index in [-0.39, 0.29) is 12.3 Å². The molecule has 1 aromatic carbocycles. The lowest BCUT2D eigenvalue weighted by Gasteiger charge is -1.92. The number of fused-ring (bicyclic) bond motifs is 1. The highest BCUT2D eigenvalue weighted by Crippen LogP contribution is 2.11. The van der Waals surface area contributed by atoms with Crippen molar-refractivity contribution in [2.75, 3.05) is 0 Å². The van der Waals surface area contributed by atoms with Gasteiger partial charge >= 0.3 is 0 Å². The van der Waals surface area contributed by atoms with Crippen molar-refractivity contribution < 1.29 is 5.11 Å². The highest BCUT2D eigenvalue weighted by Gasteiger charge is 2.03. The van der Waals surface area contributed by atoms with Gasteiger partial charge in [0.15, 0.2) is 0 Å². The molecule has 0 bridgehead atoms. The lowest BCUT2D eigenvalue weighted by molar-refractivity contribution is 0.275. The lowest BCUT2D eigenvalue weighted by atomic mass is 10.2. The molecule has 2 rings (SSSR count). The highest BCUT2D eigenvalue weighted by atomic mass is 16.3. The molecular formula is C11H10N2O2. The van der Waals surface area contributed by atoms with Crippen molar-refractivity contribution >= 4 is 10.9 Å². The summed E-state index contributed by atoms with van der Waals surface area (Å²) in [5, 5.41) is 9.79. The fourth-order valence-electron chi connectivity index (χ4n) is 1.46. The van der Waals surface area contributed by atoms with Crippen LogP contribution >= 0.6 is 0 Å². The van der Waals surface area contributed by atoms with Crippen molar-refractivity contribution in [1.29, 1.82) is 0 Å². The van der Waals surface area contributed by atoms with Crippen molar-refractivity contribution in [3.05, 3.63) is 46.0 Å². The zero-order valence-corrected chi connectivity index (χ0v) is 8.27. The Morgan fingerprint density at radius 2 is 2.00 bits per heavy atom. The predicted octanol–water partition coefficient (Wildman–Crippen LogP) is 0.791. The van der Waals surface area contributed by atoms with Gasteiger partial charge in [-0.05, 0) is 13.0 Å². The van der Waals surface area contributed by atoms with Crippen LogP contribution in [0.2, 0.25) is 0 Å². The van der Waals surface area contributed by atoms with Crippen LogP contribution < -0.4 is 5.56 Å². The molecule has 0 unspecified atom stereocenters. The molecule has 0 aliphatic rings. The molecule has 0 aliphatic carbocycles. The van der Waals surface area contributed by atoms with Crippen LogP contribution in [-0.4, -0.2) is 15.1 Å². The number of aliphatic hydroxyl groups excluding tert-OH is 1. The molecule has 4 heteroatoms. The molecule has 0 saturated heterocycles. The van der Waals surface area contributed by atoms with E-state index in [1.165, 1.54) is 0 Å². The van der Waals surface area contributed by atoms with E-state index in [0.717, 1.165) is 5.39 Å². The normalized spacial score (nSPS) is 10.5. The SMILES string of the molecule is Cc1nc(CO)c(=O)nc2ccccc12. The molecule has 2 aromatic rings. The first-order chi connectivity index (χ1) is 7.22. The topological polar surface area (TPSA) is 63.1 Å². The van der Waals surface area contributed by atoms with Crippen LogP contribution in [-0.2, 0) is 6.61 Å². The van der Waals surface area contributed by atoms with Crippen LogP contribution in [0.5, 0.6) is 0 Å². The second-order valence-electron chi connectivity index (χ2n) is 3.24. The molecule has 1 N–H and O–H groups in total. The van der Waals surface area contributed by atoms with Gasteiger partial charge in [-0.25, -0.2) is 9.97 Å². The summed E-state index contributed by atoms with van der Waals surface area (Å²) in [4.78, 5) is 19.4. The van der Waals surface area contributed by atoms with Gasteiger partial charge in [-0.3, -0.25) is 4.79 Å². The van der Waals surface area contributed by atoms with Crippen molar-refractivity contribution in [3.8, 4) is 0 Å². The Morgan fingerprint density at radius 1 is 1.27 bits per heavy atom. The van der Waals surface area contributed by atoms with Gasteiger partial charge in [0.05, 0.1) is 12.1 Å². The molecule has 0 spiro atoms. The average molecular weight is 202 g/mol. The summed E-state index contributed by atoms with van der Waals surface area (Å²) in [5.41, 5.74) is 0.918. The van der Waals surface area contributed by atoms with Crippen molar-refractivity contribution in [1.82, 2.24) is 9.97 Å².